The van der Waals surface area contributed by atoms with E-state index < -0.39 is 5.95 Å². The quantitative estimate of drug-likeness (QED) is 0.694. The summed E-state index contributed by atoms with van der Waals surface area (Å²) in [6.45, 7) is 0.959. The lowest BCUT2D eigenvalue weighted by molar-refractivity contribution is 0.584. The number of pyridine rings is 2. The number of aromatic nitrogens is 2. The molecule has 5 nitrogen and oxygen atoms in total. The first-order valence-corrected chi connectivity index (χ1v) is 8.81. The van der Waals surface area contributed by atoms with Crippen molar-refractivity contribution < 1.29 is 4.39 Å². The molecule has 0 aliphatic carbocycles. The monoisotopic (exact) mass is 359 g/mol. The standard InChI is InChI=1S/C21H18FN5/c22-20-10-14(5-7-26-20)18-9-16(12-27-21(18)24)13-3-4-15(11-23)17(8-13)19-2-1-6-25-19/h3-5,7-10,12,19,25H,1-2,6H2,(H2,24,27)/t19-/m0/s1. The molecule has 0 saturated carbocycles. The summed E-state index contributed by atoms with van der Waals surface area (Å²) in [7, 11) is 0. The van der Waals surface area contributed by atoms with Crippen molar-refractivity contribution in [3.8, 4) is 28.3 Å². The Balaban J connectivity index is 1.79. The molecule has 0 spiro atoms. The highest BCUT2D eigenvalue weighted by molar-refractivity contribution is 5.79. The lowest BCUT2D eigenvalue weighted by atomic mass is 9.94. The van der Waals surface area contributed by atoms with Gasteiger partial charge in [-0.2, -0.15) is 9.65 Å². The first kappa shape index (κ1) is 17.1. The number of rotatable bonds is 3. The number of nitrogen functional groups attached to an aromatic ring is 1. The van der Waals surface area contributed by atoms with E-state index in [1.165, 1.54) is 12.3 Å². The lowest BCUT2D eigenvalue weighted by Crippen LogP contribution is -2.14. The normalized spacial score (nSPS) is 16.2. The van der Waals surface area contributed by atoms with Crippen LogP contribution in [0.5, 0.6) is 0 Å². The van der Waals surface area contributed by atoms with E-state index in [1.54, 1.807) is 12.3 Å². The van der Waals surface area contributed by atoms with Crippen molar-refractivity contribution in [1.29, 1.82) is 5.26 Å². The van der Waals surface area contributed by atoms with Crippen molar-refractivity contribution in [2.24, 2.45) is 0 Å². The Morgan fingerprint density at radius 2 is 2.00 bits per heavy atom. The number of benzene rings is 1. The third-order valence-electron chi connectivity index (χ3n) is 4.90. The van der Waals surface area contributed by atoms with Crippen molar-refractivity contribution >= 4 is 5.82 Å². The fourth-order valence-corrected chi connectivity index (χ4v) is 3.52. The van der Waals surface area contributed by atoms with Crippen LogP contribution in [-0.2, 0) is 0 Å². The number of nitrogens with zero attached hydrogens (tertiary/aromatic N) is 3. The Morgan fingerprint density at radius 3 is 2.74 bits per heavy atom. The van der Waals surface area contributed by atoms with Crippen LogP contribution in [0.15, 0.2) is 48.8 Å². The summed E-state index contributed by atoms with van der Waals surface area (Å²) in [4.78, 5) is 7.87. The largest absolute Gasteiger partial charge is 0.383 e. The molecule has 1 aliphatic heterocycles. The number of anilines is 1. The second-order valence-electron chi connectivity index (χ2n) is 6.59. The van der Waals surface area contributed by atoms with Crippen LogP contribution in [0, 0.1) is 17.3 Å². The summed E-state index contributed by atoms with van der Waals surface area (Å²) >= 11 is 0. The van der Waals surface area contributed by atoms with Gasteiger partial charge in [-0.1, -0.05) is 6.07 Å². The van der Waals surface area contributed by atoms with Gasteiger partial charge in [-0.15, -0.1) is 0 Å². The summed E-state index contributed by atoms with van der Waals surface area (Å²) in [6.07, 6.45) is 5.21. The number of nitrogens with two attached hydrogens (primary N) is 1. The van der Waals surface area contributed by atoms with E-state index in [2.05, 4.69) is 21.4 Å². The van der Waals surface area contributed by atoms with Gasteiger partial charge in [0.1, 0.15) is 5.82 Å². The van der Waals surface area contributed by atoms with Crippen molar-refractivity contribution in [2.75, 3.05) is 12.3 Å². The zero-order valence-electron chi connectivity index (χ0n) is 14.6. The van der Waals surface area contributed by atoms with E-state index in [9.17, 15) is 9.65 Å². The molecule has 1 fully saturated rings. The second-order valence-corrected chi connectivity index (χ2v) is 6.59. The van der Waals surface area contributed by atoms with Gasteiger partial charge in [-0.3, -0.25) is 0 Å². The highest BCUT2D eigenvalue weighted by Crippen LogP contribution is 2.33. The Morgan fingerprint density at radius 1 is 1.11 bits per heavy atom. The Kier molecular flexibility index (Phi) is 4.53. The van der Waals surface area contributed by atoms with Gasteiger partial charge in [0.05, 0.1) is 11.6 Å². The molecule has 0 bridgehead atoms. The third kappa shape index (κ3) is 3.37. The first-order chi connectivity index (χ1) is 13.2. The van der Waals surface area contributed by atoms with E-state index in [4.69, 9.17) is 5.73 Å². The first-order valence-electron chi connectivity index (χ1n) is 8.81. The van der Waals surface area contributed by atoms with Crippen molar-refractivity contribution in [2.45, 2.75) is 18.9 Å². The van der Waals surface area contributed by atoms with Gasteiger partial charge in [0.15, 0.2) is 0 Å². The van der Waals surface area contributed by atoms with Crippen molar-refractivity contribution in [3.05, 3.63) is 65.9 Å². The number of hydrogen-bond acceptors (Lipinski definition) is 5. The molecule has 1 atom stereocenters. The minimum atomic E-state index is -0.565. The number of nitriles is 1. The lowest BCUT2D eigenvalue weighted by Gasteiger charge is -2.15. The summed E-state index contributed by atoms with van der Waals surface area (Å²) in [5.41, 5.74) is 10.8. The summed E-state index contributed by atoms with van der Waals surface area (Å²) in [6, 6.07) is 13.2. The van der Waals surface area contributed by atoms with Crippen LogP contribution in [0.3, 0.4) is 0 Å². The molecule has 4 rings (SSSR count). The molecule has 2 aromatic heterocycles. The molecule has 0 radical (unpaired) electrons. The van der Waals surface area contributed by atoms with Crippen LogP contribution in [-0.4, -0.2) is 16.5 Å². The number of halogens is 1. The van der Waals surface area contributed by atoms with Crippen molar-refractivity contribution in [1.82, 2.24) is 15.3 Å². The zero-order chi connectivity index (χ0) is 18.8. The van der Waals surface area contributed by atoms with Gasteiger partial charge in [-0.25, -0.2) is 9.97 Å². The molecule has 3 aromatic rings. The molecular formula is C21H18FN5. The molecular weight excluding hydrogens is 341 g/mol. The molecule has 0 unspecified atom stereocenters. The van der Waals surface area contributed by atoms with Crippen LogP contribution in [0.2, 0.25) is 0 Å². The predicted molar refractivity (Wildman–Crippen MR) is 102 cm³/mol. The summed E-state index contributed by atoms with van der Waals surface area (Å²) in [5.74, 6) is -0.235. The van der Waals surface area contributed by atoms with Gasteiger partial charge in [0, 0.05) is 35.6 Å². The van der Waals surface area contributed by atoms with E-state index in [0.29, 0.717) is 22.5 Å². The zero-order valence-corrected chi connectivity index (χ0v) is 14.6. The number of nitrogens with one attached hydrogen (secondary N) is 1. The molecule has 27 heavy (non-hydrogen) atoms. The smallest absolute Gasteiger partial charge is 0.213 e. The molecule has 1 aliphatic rings. The van der Waals surface area contributed by atoms with Crippen molar-refractivity contribution in [3.63, 3.8) is 0 Å². The molecule has 3 N–H and O–H groups in total. The Bertz CT molecular complexity index is 1030. The van der Waals surface area contributed by atoms with Crippen LogP contribution in [0.25, 0.3) is 22.3 Å². The maximum absolute atomic E-state index is 13.5. The van der Waals surface area contributed by atoms with E-state index in [0.717, 1.165) is 36.1 Å². The highest BCUT2D eigenvalue weighted by Gasteiger charge is 2.20. The van der Waals surface area contributed by atoms with Crippen LogP contribution in [0.1, 0.15) is 30.0 Å². The van der Waals surface area contributed by atoms with Gasteiger partial charge in [-0.05, 0) is 60.3 Å². The maximum atomic E-state index is 13.5. The predicted octanol–water partition coefficient (Wildman–Crippen LogP) is 3.83. The number of hydrogen-bond donors (Lipinski definition) is 2. The summed E-state index contributed by atoms with van der Waals surface area (Å²) in [5, 5.41) is 12.9. The minimum absolute atomic E-state index is 0.190. The summed E-state index contributed by atoms with van der Waals surface area (Å²) < 4.78 is 13.5. The molecule has 0 amide bonds. The maximum Gasteiger partial charge on any atom is 0.213 e. The average Bonchev–Trinajstić information content (AvgIpc) is 3.22. The van der Waals surface area contributed by atoms with Gasteiger partial charge in [0.2, 0.25) is 5.95 Å². The van der Waals surface area contributed by atoms with E-state index in [-0.39, 0.29) is 6.04 Å². The van der Waals surface area contributed by atoms with Crippen LogP contribution >= 0.6 is 0 Å². The minimum Gasteiger partial charge on any atom is -0.383 e. The molecule has 3 heterocycles. The topological polar surface area (TPSA) is 87.6 Å². The highest BCUT2D eigenvalue weighted by atomic mass is 19.1. The Hall–Kier alpha value is -3.30. The molecule has 134 valence electrons. The van der Waals surface area contributed by atoms with Crippen LogP contribution in [0.4, 0.5) is 10.2 Å². The van der Waals surface area contributed by atoms with Gasteiger partial charge >= 0.3 is 0 Å². The van der Waals surface area contributed by atoms with Gasteiger partial charge in [0.25, 0.3) is 0 Å². The average molecular weight is 359 g/mol. The van der Waals surface area contributed by atoms with E-state index >= 15 is 0 Å². The van der Waals surface area contributed by atoms with E-state index in [1.807, 2.05) is 24.3 Å². The fraction of sp³-hybridized carbons (Fsp3) is 0.190. The SMILES string of the molecule is N#Cc1ccc(-c2cnc(N)c(-c3ccnc(F)c3)c2)cc1[C@@H]1CCCN1. The molecule has 6 heteroatoms. The Labute approximate surface area is 156 Å². The second kappa shape index (κ2) is 7.14. The fourth-order valence-electron chi connectivity index (χ4n) is 3.52. The molecule has 1 aromatic carbocycles. The van der Waals surface area contributed by atoms with Gasteiger partial charge < -0.3 is 11.1 Å². The third-order valence-corrected chi connectivity index (χ3v) is 4.90. The molecule has 1 saturated heterocycles. The van der Waals surface area contributed by atoms with Crippen LogP contribution < -0.4 is 11.1 Å².